The summed E-state index contributed by atoms with van der Waals surface area (Å²) in [6, 6.07) is 23.3. The third kappa shape index (κ3) is 10.1. The van der Waals surface area contributed by atoms with Crippen LogP contribution >= 0.6 is 38.6 Å². The molecule has 0 aliphatic rings. The van der Waals surface area contributed by atoms with E-state index in [0.717, 1.165) is 32.8 Å². The average Bonchev–Trinajstić information content (AvgIpc) is 3.71. The van der Waals surface area contributed by atoms with Crippen LogP contribution < -0.4 is 10.6 Å². The average molecular weight is 736 g/mol. The molecule has 0 radical (unpaired) electrons. The van der Waals surface area contributed by atoms with Crippen LogP contribution in [-0.2, 0) is 9.59 Å². The van der Waals surface area contributed by atoms with Crippen molar-refractivity contribution in [1.82, 2.24) is 20.6 Å². The van der Waals surface area contributed by atoms with Crippen LogP contribution in [0.3, 0.4) is 0 Å². The molecule has 10 nitrogen and oxygen atoms in total. The van der Waals surface area contributed by atoms with Gasteiger partial charge in [-0.05, 0) is 52.0 Å². The van der Waals surface area contributed by atoms with Crippen molar-refractivity contribution in [1.29, 1.82) is 0 Å². The summed E-state index contributed by atoms with van der Waals surface area (Å²) in [4.78, 5) is 55.5. The van der Waals surface area contributed by atoms with Crippen LogP contribution in [0, 0.1) is 13.8 Å². The van der Waals surface area contributed by atoms with Gasteiger partial charge in [0.15, 0.2) is 3.92 Å². The highest BCUT2D eigenvalue weighted by molar-refractivity contribution is 9.11. The first-order chi connectivity index (χ1) is 22.5. The normalized spacial score (nSPS) is 11.8. The third-order valence-corrected chi connectivity index (χ3v) is 9.22. The first-order valence-corrected chi connectivity index (χ1v) is 16.9. The van der Waals surface area contributed by atoms with Crippen molar-refractivity contribution in [3.63, 3.8) is 0 Å². The standard InChI is InChI=1S/C20H18N2O3S.C14H13BrN2O3S/c1-13-7-5-6-10-15(13)16(11-18(23)24)21-19(25)17-12-26-20(22-17)14-8-3-2-4-9-14;1-8-4-2-3-5-9(8)10(6-12(18)19)16-13(20)11-7-21-14(15)17-11/h2-10,12,16H,11H2,1H3,(H,21,25)(H,23,24);2-5,7,10H,6H2,1H3,(H,16,20)(H,18,19). The van der Waals surface area contributed by atoms with Gasteiger partial charge < -0.3 is 20.8 Å². The van der Waals surface area contributed by atoms with Crippen LogP contribution in [0.5, 0.6) is 0 Å². The highest BCUT2D eigenvalue weighted by atomic mass is 79.9. The molecule has 0 saturated heterocycles. The highest BCUT2D eigenvalue weighted by Gasteiger charge is 2.23. The maximum absolute atomic E-state index is 12.6. The van der Waals surface area contributed by atoms with Crippen LogP contribution in [0.1, 0.15) is 68.2 Å². The molecule has 5 rings (SSSR count). The van der Waals surface area contributed by atoms with E-state index in [2.05, 4.69) is 36.5 Å². The van der Waals surface area contributed by atoms with Crippen LogP contribution in [0.4, 0.5) is 0 Å². The molecule has 0 aliphatic heterocycles. The van der Waals surface area contributed by atoms with Gasteiger partial charge in [-0.15, -0.1) is 22.7 Å². The van der Waals surface area contributed by atoms with E-state index in [1.165, 1.54) is 22.7 Å². The van der Waals surface area contributed by atoms with Gasteiger partial charge in [0.1, 0.15) is 16.4 Å². The minimum absolute atomic E-state index is 0.179. The van der Waals surface area contributed by atoms with E-state index in [9.17, 15) is 24.3 Å². The molecule has 2 unspecified atom stereocenters. The number of carboxylic acid groups (broad SMARTS) is 2. The van der Waals surface area contributed by atoms with Gasteiger partial charge in [-0.2, -0.15) is 0 Å². The first-order valence-electron chi connectivity index (χ1n) is 14.3. The molecule has 5 aromatic rings. The van der Waals surface area contributed by atoms with Gasteiger partial charge in [-0.25, -0.2) is 9.97 Å². The molecule has 13 heteroatoms. The van der Waals surface area contributed by atoms with E-state index in [1.807, 2.05) is 92.7 Å². The number of carbonyl (C=O) groups excluding carboxylic acids is 2. The SMILES string of the molecule is Cc1ccccc1C(CC(=O)O)NC(=O)c1csc(-c2ccccc2)n1.Cc1ccccc1C(CC(=O)O)NC(=O)c1csc(Br)n1. The van der Waals surface area contributed by atoms with Crippen LogP contribution in [0.15, 0.2) is 93.5 Å². The van der Waals surface area contributed by atoms with Crippen molar-refractivity contribution in [2.24, 2.45) is 0 Å². The Bertz CT molecular complexity index is 1860. The predicted octanol–water partition coefficient (Wildman–Crippen LogP) is 7.22. The molecule has 47 heavy (non-hydrogen) atoms. The van der Waals surface area contributed by atoms with Crippen molar-refractivity contribution < 1.29 is 29.4 Å². The van der Waals surface area contributed by atoms with Gasteiger partial charge in [-0.1, -0.05) is 78.9 Å². The van der Waals surface area contributed by atoms with Crippen LogP contribution in [0.25, 0.3) is 10.6 Å². The molecule has 0 fully saturated rings. The van der Waals surface area contributed by atoms with Crippen molar-refractivity contribution in [3.8, 4) is 10.6 Å². The van der Waals surface area contributed by atoms with Gasteiger partial charge >= 0.3 is 11.9 Å². The lowest BCUT2D eigenvalue weighted by Gasteiger charge is -2.18. The third-order valence-electron chi connectivity index (χ3n) is 6.96. The molecule has 2 aromatic heterocycles. The first kappa shape index (κ1) is 35.1. The summed E-state index contributed by atoms with van der Waals surface area (Å²) < 4.78 is 0.610. The fraction of sp³-hybridized carbons (Fsp3) is 0.176. The Labute approximate surface area is 287 Å². The number of aromatic nitrogens is 2. The molecule has 0 bridgehead atoms. The molecule has 2 atom stereocenters. The summed E-state index contributed by atoms with van der Waals surface area (Å²) >= 11 is 5.88. The number of aryl methyl sites for hydroxylation is 2. The number of nitrogens with one attached hydrogen (secondary N) is 2. The topological polar surface area (TPSA) is 159 Å². The van der Waals surface area contributed by atoms with Crippen molar-refractivity contribution >= 4 is 62.4 Å². The molecule has 4 N–H and O–H groups in total. The number of nitrogens with zero attached hydrogens (tertiary/aromatic N) is 2. The molecule has 0 spiro atoms. The molecular weight excluding hydrogens is 704 g/mol. The van der Waals surface area contributed by atoms with E-state index in [1.54, 1.807) is 10.8 Å². The molecule has 2 heterocycles. The Balaban J connectivity index is 0.000000218. The quantitative estimate of drug-likeness (QED) is 0.111. The Morgan fingerprint density at radius 1 is 0.681 bits per heavy atom. The second-order valence-corrected chi connectivity index (χ2v) is 13.3. The summed E-state index contributed by atoms with van der Waals surface area (Å²) in [6.07, 6.45) is -0.367. The zero-order valence-corrected chi connectivity index (χ0v) is 28.6. The molecule has 242 valence electrons. The maximum Gasteiger partial charge on any atom is 0.305 e. The molecule has 0 aliphatic carbocycles. The number of thiazole rings is 2. The molecular formula is C34H31BrN4O6S2. The predicted molar refractivity (Wildman–Crippen MR) is 185 cm³/mol. The Morgan fingerprint density at radius 3 is 1.57 bits per heavy atom. The number of amides is 2. The van der Waals surface area contributed by atoms with Crippen molar-refractivity contribution in [3.05, 3.63) is 127 Å². The summed E-state index contributed by atoms with van der Waals surface area (Å²) in [5.74, 6) is -2.70. The van der Waals surface area contributed by atoms with E-state index < -0.39 is 24.0 Å². The Kier molecular flexibility index (Phi) is 12.5. The summed E-state index contributed by atoms with van der Waals surface area (Å²) in [6.45, 7) is 3.78. The van der Waals surface area contributed by atoms with Crippen molar-refractivity contribution in [2.45, 2.75) is 38.8 Å². The summed E-state index contributed by atoms with van der Waals surface area (Å²) in [7, 11) is 0. The van der Waals surface area contributed by atoms with Gasteiger partial charge in [-0.3, -0.25) is 19.2 Å². The summed E-state index contributed by atoms with van der Waals surface area (Å²) in [5, 5.41) is 27.9. The molecule has 2 amide bonds. The Hall–Kier alpha value is -4.72. The molecule has 0 saturated carbocycles. The van der Waals surface area contributed by atoms with Crippen LogP contribution in [-0.4, -0.2) is 43.9 Å². The smallest absolute Gasteiger partial charge is 0.305 e. The number of carbonyl (C=O) groups is 4. The largest absolute Gasteiger partial charge is 0.481 e. The van der Waals surface area contributed by atoms with Gasteiger partial charge in [0.2, 0.25) is 0 Å². The lowest BCUT2D eigenvalue weighted by atomic mass is 9.98. The second kappa shape index (κ2) is 16.7. The van der Waals surface area contributed by atoms with E-state index >= 15 is 0 Å². The van der Waals surface area contributed by atoms with Gasteiger partial charge in [0, 0.05) is 16.3 Å². The second-order valence-electron chi connectivity index (χ2n) is 10.4. The van der Waals surface area contributed by atoms with Crippen LogP contribution in [0.2, 0.25) is 0 Å². The highest BCUT2D eigenvalue weighted by Crippen LogP contribution is 2.26. The van der Waals surface area contributed by atoms with Crippen molar-refractivity contribution in [2.75, 3.05) is 0 Å². The minimum atomic E-state index is -0.971. The fourth-order valence-electron chi connectivity index (χ4n) is 4.69. The van der Waals surface area contributed by atoms with E-state index in [0.29, 0.717) is 3.92 Å². The van der Waals surface area contributed by atoms with Gasteiger partial charge in [0.05, 0.1) is 24.9 Å². The summed E-state index contributed by atoms with van der Waals surface area (Å²) in [5.41, 5.74) is 4.96. The monoisotopic (exact) mass is 734 g/mol. The number of hydrogen-bond donors (Lipinski definition) is 4. The lowest BCUT2D eigenvalue weighted by Crippen LogP contribution is -2.30. The number of rotatable bonds is 11. The van der Waals surface area contributed by atoms with E-state index in [-0.39, 0.29) is 36.0 Å². The number of benzene rings is 3. The number of hydrogen-bond acceptors (Lipinski definition) is 8. The minimum Gasteiger partial charge on any atom is -0.481 e. The zero-order chi connectivity index (χ0) is 33.9. The lowest BCUT2D eigenvalue weighted by molar-refractivity contribution is -0.138. The van der Waals surface area contributed by atoms with E-state index in [4.69, 9.17) is 5.11 Å². The molecule has 3 aromatic carbocycles. The maximum atomic E-state index is 12.6. The number of aliphatic carboxylic acids is 2. The van der Waals surface area contributed by atoms with Gasteiger partial charge in [0.25, 0.3) is 11.8 Å². The zero-order valence-electron chi connectivity index (χ0n) is 25.3. The fourth-order valence-corrected chi connectivity index (χ4v) is 6.49. The Morgan fingerprint density at radius 2 is 1.13 bits per heavy atom. The number of halogens is 1. The number of carboxylic acids is 2.